The molecule has 0 unspecified atom stereocenters. The van der Waals surface area contributed by atoms with E-state index in [1.807, 2.05) is 0 Å². The first-order chi connectivity index (χ1) is 11.4. The fourth-order valence-electron chi connectivity index (χ4n) is 3.80. The molecule has 2 aliphatic heterocycles. The van der Waals surface area contributed by atoms with E-state index in [-0.39, 0.29) is 5.60 Å². The summed E-state index contributed by atoms with van der Waals surface area (Å²) in [6, 6.07) is 4.32. The van der Waals surface area contributed by atoms with Crippen molar-refractivity contribution in [3.8, 4) is 23.8 Å². The lowest BCUT2D eigenvalue weighted by Crippen LogP contribution is -2.42. The largest absolute Gasteiger partial charge is 0.496 e. The summed E-state index contributed by atoms with van der Waals surface area (Å²) < 4.78 is 12.2. The quantitative estimate of drug-likeness (QED) is 0.782. The van der Waals surface area contributed by atoms with Gasteiger partial charge in [0.25, 0.3) is 0 Å². The molecule has 1 aromatic rings. The average molecular weight is 325 g/mol. The van der Waals surface area contributed by atoms with Gasteiger partial charge in [-0.2, -0.15) is 0 Å². The van der Waals surface area contributed by atoms with Gasteiger partial charge in [0.1, 0.15) is 17.1 Å². The minimum Gasteiger partial charge on any atom is -0.496 e. The zero-order valence-electron chi connectivity index (χ0n) is 15.4. The Kier molecular flexibility index (Phi) is 4.36. The summed E-state index contributed by atoms with van der Waals surface area (Å²) >= 11 is 0. The molecule has 3 rings (SSSR count). The van der Waals surface area contributed by atoms with E-state index >= 15 is 0 Å². The van der Waals surface area contributed by atoms with Gasteiger partial charge in [-0.3, -0.25) is 4.90 Å². The van der Waals surface area contributed by atoms with Gasteiger partial charge in [-0.05, 0) is 55.0 Å². The highest BCUT2D eigenvalue weighted by atomic mass is 16.5. The van der Waals surface area contributed by atoms with E-state index in [0.717, 1.165) is 36.6 Å². The first-order valence-electron chi connectivity index (χ1n) is 8.67. The highest BCUT2D eigenvalue weighted by molar-refractivity contribution is 5.82. The molecule has 0 radical (unpaired) electrons. The monoisotopic (exact) mass is 325 g/mol. The van der Waals surface area contributed by atoms with Crippen molar-refractivity contribution in [1.29, 1.82) is 0 Å². The van der Waals surface area contributed by atoms with Crippen LogP contribution in [0, 0.1) is 12.3 Å². The summed E-state index contributed by atoms with van der Waals surface area (Å²) in [5, 5.41) is 0. The minimum absolute atomic E-state index is 0.287. The molecule has 0 atom stereocenters. The maximum absolute atomic E-state index is 6.42. The second-order valence-corrected chi connectivity index (χ2v) is 7.49. The van der Waals surface area contributed by atoms with Crippen LogP contribution in [0.1, 0.15) is 51.2 Å². The molecule has 128 valence electrons. The Hall–Kier alpha value is -1.92. The van der Waals surface area contributed by atoms with Crippen LogP contribution in [0.25, 0.3) is 5.57 Å². The third-order valence-corrected chi connectivity index (χ3v) is 5.11. The van der Waals surface area contributed by atoms with Crippen molar-refractivity contribution in [2.75, 3.05) is 26.7 Å². The molecule has 0 saturated carbocycles. The first-order valence-corrected chi connectivity index (χ1v) is 8.67. The van der Waals surface area contributed by atoms with Crippen LogP contribution in [0.2, 0.25) is 0 Å². The van der Waals surface area contributed by atoms with Crippen molar-refractivity contribution >= 4 is 5.57 Å². The van der Waals surface area contributed by atoms with Crippen molar-refractivity contribution in [3.63, 3.8) is 0 Å². The SMILES string of the molecule is C#CCN1CCC2=C(C1)c1c(OC)cc(C(C)C)cc1OC2(C)C. The van der Waals surface area contributed by atoms with Crippen molar-refractivity contribution in [2.24, 2.45) is 0 Å². The third-order valence-electron chi connectivity index (χ3n) is 5.11. The molecule has 0 saturated heterocycles. The van der Waals surface area contributed by atoms with Gasteiger partial charge in [-0.15, -0.1) is 6.42 Å². The number of rotatable bonds is 3. The van der Waals surface area contributed by atoms with E-state index in [1.54, 1.807) is 7.11 Å². The summed E-state index contributed by atoms with van der Waals surface area (Å²) in [4.78, 5) is 2.32. The number of fused-ring (bicyclic) bond motifs is 2. The minimum atomic E-state index is -0.287. The molecule has 1 aromatic carbocycles. The lowest BCUT2D eigenvalue weighted by molar-refractivity contribution is 0.131. The van der Waals surface area contributed by atoms with E-state index in [0.29, 0.717) is 12.5 Å². The van der Waals surface area contributed by atoms with Gasteiger partial charge in [-0.25, -0.2) is 0 Å². The maximum atomic E-state index is 6.42. The molecule has 0 aliphatic carbocycles. The Morgan fingerprint density at radius 2 is 2.12 bits per heavy atom. The zero-order valence-corrected chi connectivity index (χ0v) is 15.4. The van der Waals surface area contributed by atoms with Crippen LogP contribution in [-0.2, 0) is 0 Å². The van der Waals surface area contributed by atoms with Crippen LogP contribution in [0.5, 0.6) is 11.5 Å². The molecule has 0 spiro atoms. The van der Waals surface area contributed by atoms with Crippen LogP contribution in [-0.4, -0.2) is 37.2 Å². The van der Waals surface area contributed by atoms with Crippen molar-refractivity contribution in [3.05, 3.63) is 28.8 Å². The normalized spacial score (nSPS) is 19.4. The second kappa shape index (κ2) is 6.18. The smallest absolute Gasteiger partial charge is 0.132 e. The average Bonchev–Trinajstić information content (AvgIpc) is 2.53. The number of ether oxygens (including phenoxy) is 2. The van der Waals surface area contributed by atoms with E-state index in [1.165, 1.54) is 16.7 Å². The van der Waals surface area contributed by atoms with Gasteiger partial charge >= 0.3 is 0 Å². The summed E-state index contributed by atoms with van der Waals surface area (Å²) in [6.07, 6.45) is 6.51. The van der Waals surface area contributed by atoms with Gasteiger partial charge in [-0.1, -0.05) is 19.8 Å². The Bertz CT molecular complexity index is 722. The van der Waals surface area contributed by atoms with E-state index in [9.17, 15) is 0 Å². The Balaban J connectivity index is 2.17. The molecule has 2 aliphatic rings. The topological polar surface area (TPSA) is 21.7 Å². The van der Waals surface area contributed by atoms with Gasteiger partial charge in [0.2, 0.25) is 0 Å². The van der Waals surface area contributed by atoms with Gasteiger partial charge in [0.05, 0.1) is 19.2 Å². The lowest BCUT2D eigenvalue weighted by atomic mass is 9.81. The van der Waals surface area contributed by atoms with Crippen molar-refractivity contribution < 1.29 is 9.47 Å². The molecular weight excluding hydrogens is 298 g/mol. The molecule has 3 nitrogen and oxygen atoms in total. The molecule has 0 N–H and O–H groups in total. The maximum Gasteiger partial charge on any atom is 0.132 e. The van der Waals surface area contributed by atoms with Crippen LogP contribution >= 0.6 is 0 Å². The highest BCUT2D eigenvalue weighted by Crippen LogP contribution is 2.48. The van der Waals surface area contributed by atoms with Crippen LogP contribution < -0.4 is 9.47 Å². The molecule has 0 aromatic heterocycles. The molecule has 24 heavy (non-hydrogen) atoms. The van der Waals surface area contributed by atoms with Gasteiger partial charge in [0.15, 0.2) is 0 Å². The van der Waals surface area contributed by atoms with Crippen molar-refractivity contribution in [2.45, 2.75) is 45.6 Å². The number of hydrogen-bond donors (Lipinski definition) is 0. The number of hydrogen-bond acceptors (Lipinski definition) is 3. The summed E-state index contributed by atoms with van der Waals surface area (Å²) in [6.45, 7) is 11.2. The third kappa shape index (κ3) is 2.80. The summed E-state index contributed by atoms with van der Waals surface area (Å²) in [5.74, 6) is 5.04. The summed E-state index contributed by atoms with van der Waals surface area (Å²) in [7, 11) is 1.74. The predicted octanol–water partition coefficient (Wildman–Crippen LogP) is 4.08. The number of nitrogens with zero attached hydrogens (tertiary/aromatic N) is 1. The molecule has 0 bridgehead atoms. The molecule has 2 heterocycles. The predicted molar refractivity (Wildman–Crippen MR) is 98.6 cm³/mol. The highest BCUT2D eigenvalue weighted by Gasteiger charge is 2.39. The standard InChI is InChI=1S/C21H27NO2/c1-7-9-22-10-8-17-16(13-22)20-18(23-6)11-15(14(2)3)12-19(20)24-21(17,4)5/h1,11-12,14H,8-10,13H2,2-6H3. The van der Waals surface area contributed by atoms with E-state index in [4.69, 9.17) is 15.9 Å². The molecule has 0 fully saturated rings. The Labute approximate surface area is 145 Å². The van der Waals surface area contributed by atoms with Gasteiger partial charge in [0, 0.05) is 13.1 Å². The fourth-order valence-corrected chi connectivity index (χ4v) is 3.80. The van der Waals surface area contributed by atoms with Crippen LogP contribution in [0.15, 0.2) is 17.7 Å². The fraction of sp³-hybridized carbons (Fsp3) is 0.524. The van der Waals surface area contributed by atoms with Crippen LogP contribution in [0.4, 0.5) is 0 Å². The van der Waals surface area contributed by atoms with Gasteiger partial charge < -0.3 is 9.47 Å². The van der Waals surface area contributed by atoms with Crippen molar-refractivity contribution in [1.82, 2.24) is 4.90 Å². The number of terminal acetylenes is 1. The lowest BCUT2D eigenvalue weighted by Gasteiger charge is -2.42. The second-order valence-electron chi connectivity index (χ2n) is 7.49. The number of benzene rings is 1. The van der Waals surface area contributed by atoms with E-state index in [2.05, 4.69) is 50.6 Å². The molecular formula is C21H27NO2. The molecule has 3 heteroatoms. The van der Waals surface area contributed by atoms with E-state index < -0.39 is 0 Å². The number of methoxy groups -OCH3 is 1. The Morgan fingerprint density at radius 1 is 1.38 bits per heavy atom. The van der Waals surface area contributed by atoms with Crippen LogP contribution in [0.3, 0.4) is 0 Å². The first kappa shape index (κ1) is 16.9. The Morgan fingerprint density at radius 3 is 2.75 bits per heavy atom. The molecule has 0 amide bonds. The summed E-state index contributed by atoms with van der Waals surface area (Å²) in [5.41, 5.74) is 4.76. The zero-order chi connectivity index (χ0) is 17.5.